The number of rotatable bonds is 7. The summed E-state index contributed by atoms with van der Waals surface area (Å²) in [6.07, 6.45) is -0.410. The third-order valence-electron chi connectivity index (χ3n) is 2.87. The van der Waals surface area contributed by atoms with Crippen LogP contribution in [0.2, 0.25) is 0 Å². The first kappa shape index (κ1) is 15.4. The molecule has 0 amide bonds. The number of hydrogen-bond donors (Lipinski definition) is 2. The predicted molar refractivity (Wildman–Crippen MR) is 64.2 cm³/mol. The second-order valence-corrected chi connectivity index (χ2v) is 6.72. The molecule has 106 valence electrons. The molecule has 18 heavy (non-hydrogen) atoms. The summed E-state index contributed by atoms with van der Waals surface area (Å²) in [5.41, 5.74) is 0. The number of carbonyl (C=O) groups is 1. The van der Waals surface area contributed by atoms with Gasteiger partial charge in [-0.3, -0.25) is 9.69 Å². The zero-order valence-corrected chi connectivity index (χ0v) is 11.1. The third kappa shape index (κ3) is 4.89. The summed E-state index contributed by atoms with van der Waals surface area (Å²) in [4.78, 5) is 12.3. The summed E-state index contributed by atoms with van der Waals surface area (Å²) in [7, 11) is -1.64. The van der Waals surface area contributed by atoms with Crippen molar-refractivity contribution in [2.24, 2.45) is 0 Å². The molecule has 1 rings (SSSR count). The zero-order valence-electron chi connectivity index (χ0n) is 10.3. The molecule has 0 aliphatic carbocycles. The fourth-order valence-corrected chi connectivity index (χ4v) is 3.86. The fraction of sp³-hybridized carbons (Fsp3) is 0.900. The Morgan fingerprint density at radius 3 is 2.67 bits per heavy atom. The van der Waals surface area contributed by atoms with Crippen molar-refractivity contribution in [1.82, 2.24) is 4.90 Å². The molecular formula is C10H19NO6S. The van der Waals surface area contributed by atoms with E-state index in [1.165, 1.54) is 12.0 Å². The van der Waals surface area contributed by atoms with Gasteiger partial charge in [0.25, 0.3) is 0 Å². The minimum Gasteiger partial charge on any atom is -0.480 e. The summed E-state index contributed by atoms with van der Waals surface area (Å²) in [5.74, 6) is -1.00. The Morgan fingerprint density at radius 1 is 1.56 bits per heavy atom. The number of hydrogen-bond acceptors (Lipinski definition) is 6. The van der Waals surface area contributed by atoms with Crippen LogP contribution in [0, 0.1) is 0 Å². The van der Waals surface area contributed by atoms with Gasteiger partial charge in [-0.1, -0.05) is 0 Å². The molecule has 1 saturated heterocycles. The Hall–Kier alpha value is -0.700. The number of methoxy groups -OCH3 is 1. The van der Waals surface area contributed by atoms with Crippen LogP contribution in [0.5, 0.6) is 0 Å². The van der Waals surface area contributed by atoms with E-state index in [1.807, 2.05) is 0 Å². The maximum absolute atomic E-state index is 11.4. The molecule has 2 atom stereocenters. The van der Waals surface area contributed by atoms with E-state index >= 15 is 0 Å². The summed E-state index contributed by atoms with van der Waals surface area (Å²) in [6.45, 7) is -0.0864. The molecule has 0 aromatic rings. The molecule has 0 aromatic carbocycles. The SMILES string of the molecule is COCC(O)CN(CC(=O)O)C1CCS(=O)(=O)C1. The molecule has 1 heterocycles. The van der Waals surface area contributed by atoms with Gasteiger partial charge in [-0.05, 0) is 6.42 Å². The number of aliphatic hydroxyl groups excluding tert-OH is 1. The average molecular weight is 281 g/mol. The second-order valence-electron chi connectivity index (χ2n) is 4.49. The maximum atomic E-state index is 11.4. The van der Waals surface area contributed by atoms with Gasteiger partial charge in [0.2, 0.25) is 0 Å². The number of sulfone groups is 1. The van der Waals surface area contributed by atoms with Gasteiger partial charge in [-0.2, -0.15) is 0 Å². The Morgan fingerprint density at radius 2 is 2.22 bits per heavy atom. The Balaban J connectivity index is 2.64. The van der Waals surface area contributed by atoms with E-state index in [2.05, 4.69) is 0 Å². The largest absolute Gasteiger partial charge is 0.480 e. The highest BCUT2D eigenvalue weighted by molar-refractivity contribution is 7.91. The molecule has 7 nitrogen and oxygen atoms in total. The Kier molecular flexibility index (Phi) is 5.51. The number of carboxylic acid groups (broad SMARTS) is 1. The lowest BCUT2D eigenvalue weighted by molar-refractivity contribution is -0.139. The molecule has 2 unspecified atom stereocenters. The molecule has 0 saturated carbocycles. The van der Waals surface area contributed by atoms with Crippen molar-refractivity contribution in [2.75, 3.05) is 38.3 Å². The quantitative estimate of drug-likeness (QED) is 0.589. The lowest BCUT2D eigenvalue weighted by Gasteiger charge is -2.28. The van der Waals surface area contributed by atoms with Crippen molar-refractivity contribution in [1.29, 1.82) is 0 Å². The van der Waals surface area contributed by atoms with Gasteiger partial charge < -0.3 is 14.9 Å². The first-order valence-corrected chi connectivity index (χ1v) is 7.49. The van der Waals surface area contributed by atoms with Crippen LogP contribution in [0.25, 0.3) is 0 Å². The summed E-state index contributed by atoms with van der Waals surface area (Å²) >= 11 is 0. The highest BCUT2D eigenvalue weighted by Crippen LogP contribution is 2.18. The monoisotopic (exact) mass is 281 g/mol. The van der Waals surface area contributed by atoms with E-state index in [4.69, 9.17) is 9.84 Å². The number of aliphatic hydroxyl groups is 1. The van der Waals surface area contributed by atoms with Gasteiger partial charge >= 0.3 is 5.97 Å². The van der Waals surface area contributed by atoms with Crippen LogP contribution in [0.4, 0.5) is 0 Å². The lowest BCUT2D eigenvalue weighted by atomic mass is 10.2. The predicted octanol–water partition coefficient (Wildman–Crippen LogP) is -1.43. The van der Waals surface area contributed by atoms with Crippen molar-refractivity contribution < 1.29 is 28.2 Å². The highest BCUT2D eigenvalue weighted by Gasteiger charge is 2.33. The first-order valence-electron chi connectivity index (χ1n) is 5.67. The maximum Gasteiger partial charge on any atom is 0.317 e. The highest BCUT2D eigenvalue weighted by atomic mass is 32.2. The molecule has 1 aliphatic heterocycles. The molecule has 0 bridgehead atoms. The third-order valence-corrected chi connectivity index (χ3v) is 4.62. The second kappa shape index (κ2) is 6.46. The Labute approximate surface area is 106 Å². The number of carboxylic acids is 1. The van der Waals surface area contributed by atoms with E-state index < -0.39 is 21.9 Å². The van der Waals surface area contributed by atoms with Gasteiger partial charge in [0, 0.05) is 19.7 Å². The van der Waals surface area contributed by atoms with Crippen molar-refractivity contribution in [3.63, 3.8) is 0 Å². The molecule has 2 N–H and O–H groups in total. The van der Waals surface area contributed by atoms with E-state index in [1.54, 1.807) is 0 Å². The lowest BCUT2D eigenvalue weighted by Crippen LogP contribution is -2.45. The minimum atomic E-state index is -3.07. The smallest absolute Gasteiger partial charge is 0.317 e. The van der Waals surface area contributed by atoms with Gasteiger partial charge in [0.1, 0.15) is 0 Å². The molecule has 0 aromatic heterocycles. The van der Waals surface area contributed by atoms with Crippen LogP contribution in [0.3, 0.4) is 0 Å². The van der Waals surface area contributed by atoms with Crippen molar-refractivity contribution in [3.05, 3.63) is 0 Å². The number of ether oxygens (including phenoxy) is 1. The van der Waals surface area contributed by atoms with Crippen LogP contribution in [0.1, 0.15) is 6.42 Å². The molecule has 1 aliphatic rings. The molecule has 0 radical (unpaired) electrons. The van der Waals surface area contributed by atoms with Gasteiger partial charge in [-0.25, -0.2) is 8.42 Å². The van der Waals surface area contributed by atoms with Crippen molar-refractivity contribution in [3.8, 4) is 0 Å². The average Bonchev–Trinajstić information content (AvgIpc) is 2.57. The van der Waals surface area contributed by atoms with E-state index in [0.717, 1.165) is 0 Å². The summed E-state index contributed by atoms with van der Waals surface area (Å²) < 4.78 is 27.5. The molecular weight excluding hydrogens is 262 g/mol. The number of nitrogens with zero attached hydrogens (tertiary/aromatic N) is 1. The van der Waals surface area contributed by atoms with Gasteiger partial charge in [0.05, 0.1) is 30.8 Å². The Bertz CT molecular complexity index is 382. The first-order chi connectivity index (χ1) is 8.34. The summed E-state index contributed by atoms with van der Waals surface area (Å²) in [5, 5.41) is 18.4. The van der Waals surface area contributed by atoms with Crippen LogP contribution >= 0.6 is 0 Å². The van der Waals surface area contributed by atoms with Gasteiger partial charge in [0.15, 0.2) is 9.84 Å². The topological polar surface area (TPSA) is 104 Å². The molecule has 1 fully saturated rings. The van der Waals surface area contributed by atoms with E-state index in [-0.39, 0.29) is 37.2 Å². The van der Waals surface area contributed by atoms with Crippen LogP contribution < -0.4 is 0 Å². The molecule has 0 spiro atoms. The number of aliphatic carboxylic acids is 1. The van der Waals surface area contributed by atoms with E-state index in [9.17, 15) is 18.3 Å². The normalized spacial score (nSPS) is 24.3. The zero-order chi connectivity index (χ0) is 13.8. The molecule has 8 heteroatoms. The van der Waals surface area contributed by atoms with Crippen LogP contribution in [0.15, 0.2) is 0 Å². The summed E-state index contributed by atoms with van der Waals surface area (Å²) in [6, 6.07) is -0.336. The van der Waals surface area contributed by atoms with Crippen molar-refractivity contribution in [2.45, 2.75) is 18.6 Å². The fourth-order valence-electron chi connectivity index (χ4n) is 2.10. The standard InChI is InChI=1S/C10H19NO6S/c1-17-6-9(12)4-11(5-10(13)14)8-2-3-18(15,16)7-8/h8-9,12H,2-7H2,1H3,(H,13,14). The van der Waals surface area contributed by atoms with Crippen molar-refractivity contribution >= 4 is 15.8 Å². The minimum absolute atomic E-state index is 0.0417. The van der Waals surface area contributed by atoms with Gasteiger partial charge in [-0.15, -0.1) is 0 Å². The van der Waals surface area contributed by atoms with Crippen LogP contribution in [-0.2, 0) is 19.4 Å². The van der Waals surface area contributed by atoms with Crippen LogP contribution in [-0.4, -0.2) is 80.0 Å². The van der Waals surface area contributed by atoms with E-state index in [0.29, 0.717) is 6.42 Å².